The molecule has 2 nitrogen and oxygen atoms in total. The summed E-state index contributed by atoms with van der Waals surface area (Å²) in [5.74, 6) is -0.367. The van der Waals surface area contributed by atoms with Gasteiger partial charge in [0.15, 0.2) is 0 Å². The molecule has 1 heterocycles. The van der Waals surface area contributed by atoms with Gasteiger partial charge in [0.2, 0.25) is 5.91 Å². The molecule has 90 valence electrons. The van der Waals surface area contributed by atoms with Crippen molar-refractivity contribution in [1.82, 2.24) is 0 Å². The van der Waals surface area contributed by atoms with E-state index in [4.69, 9.17) is 0 Å². The highest BCUT2D eigenvalue weighted by Gasteiger charge is 2.29. The molecular weight excluding hydrogens is 229 g/mol. The highest BCUT2D eigenvalue weighted by atomic mass is 19.1. The SMILES string of the molecule is O=C1Cc2cccc(F)c2N1Cc1ccccc1. The zero-order valence-corrected chi connectivity index (χ0v) is 9.77. The van der Waals surface area contributed by atoms with Gasteiger partial charge in [0, 0.05) is 0 Å². The van der Waals surface area contributed by atoms with Crippen LogP contribution < -0.4 is 4.90 Å². The molecule has 0 aromatic heterocycles. The molecule has 3 rings (SSSR count). The van der Waals surface area contributed by atoms with Gasteiger partial charge in [-0.05, 0) is 17.2 Å². The van der Waals surface area contributed by atoms with Crippen molar-refractivity contribution in [2.45, 2.75) is 13.0 Å². The Balaban J connectivity index is 1.97. The molecule has 1 aliphatic rings. The lowest BCUT2D eigenvalue weighted by Crippen LogP contribution is -2.26. The van der Waals surface area contributed by atoms with Gasteiger partial charge in [-0.1, -0.05) is 42.5 Å². The van der Waals surface area contributed by atoms with Gasteiger partial charge < -0.3 is 4.90 Å². The van der Waals surface area contributed by atoms with Gasteiger partial charge in [-0.2, -0.15) is 0 Å². The first kappa shape index (κ1) is 11.0. The van der Waals surface area contributed by atoms with Crippen LogP contribution in [0, 0.1) is 5.82 Å². The van der Waals surface area contributed by atoms with E-state index in [1.165, 1.54) is 11.0 Å². The van der Waals surface area contributed by atoms with Gasteiger partial charge in [0.1, 0.15) is 5.82 Å². The summed E-state index contributed by atoms with van der Waals surface area (Å²) >= 11 is 0. The Morgan fingerprint density at radius 3 is 2.61 bits per heavy atom. The lowest BCUT2D eigenvalue weighted by molar-refractivity contribution is -0.117. The minimum absolute atomic E-state index is 0.0426. The second kappa shape index (κ2) is 4.26. The molecule has 0 bridgehead atoms. The Kier molecular flexibility index (Phi) is 2.59. The zero-order valence-electron chi connectivity index (χ0n) is 9.77. The van der Waals surface area contributed by atoms with Gasteiger partial charge >= 0.3 is 0 Å². The summed E-state index contributed by atoms with van der Waals surface area (Å²) in [7, 11) is 0. The molecule has 0 atom stereocenters. The molecule has 2 aromatic carbocycles. The van der Waals surface area contributed by atoms with E-state index in [0.717, 1.165) is 11.1 Å². The van der Waals surface area contributed by atoms with Crippen LogP contribution in [0.15, 0.2) is 48.5 Å². The third-order valence-electron chi connectivity index (χ3n) is 3.17. The van der Waals surface area contributed by atoms with Crippen LogP contribution in [0.5, 0.6) is 0 Å². The molecule has 18 heavy (non-hydrogen) atoms. The Hall–Kier alpha value is -2.16. The molecular formula is C15H12FNO. The molecule has 0 aliphatic carbocycles. The quantitative estimate of drug-likeness (QED) is 0.791. The lowest BCUT2D eigenvalue weighted by atomic mass is 10.1. The average molecular weight is 241 g/mol. The summed E-state index contributed by atoms with van der Waals surface area (Å²) in [6.45, 7) is 0.424. The summed E-state index contributed by atoms with van der Waals surface area (Å²) < 4.78 is 13.8. The van der Waals surface area contributed by atoms with Crippen molar-refractivity contribution in [2.75, 3.05) is 4.90 Å². The third-order valence-corrected chi connectivity index (χ3v) is 3.17. The number of carbonyl (C=O) groups is 1. The van der Waals surface area contributed by atoms with Crippen molar-refractivity contribution in [3.63, 3.8) is 0 Å². The van der Waals surface area contributed by atoms with E-state index in [1.807, 2.05) is 30.3 Å². The van der Waals surface area contributed by atoms with Gasteiger partial charge in [0.25, 0.3) is 0 Å². The van der Waals surface area contributed by atoms with Crippen molar-refractivity contribution in [3.8, 4) is 0 Å². The number of benzene rings is 2. The summed E-state index contributed by atoms with van der Waals surface area (Å²) in [4.78, 5) is 13.5. The number of anilines is 1. The van der Waals surface area contributed by atoms with Gasteiger partial charge in [-0.15, -0.1) is 0 Å². The van der Waals surface area contributed by atoms with Crippen molar-refractivity contribution in [1.29, 1.82) is 0 Å². The first-order valence-corrected chi connectivity index (χ1v) is 5.87. The first-order valence-electron chi connectivity index (χ1n) is 5.87. The molecule has 0 saturated heterocycles. The van der Waals surface area contributed by atoms with E-state index in [0.29, 0.717) is 18.7 Å². The van der Waals surface area contributed by atoms with E-state index < -0.39 is 0 Å². The van der Waals surface area contributed by atoms with E-state index >= 15 is 0 Å². The van der Waals surface area contributed by atoms with Crippen LogP contribution >= 0.6 is 0 Å². The summed E-state index contributed by atoms with van der Waals surface area (Å²) in [5, 5.41) is 0. The Morgan fingerprint density at radius 2 is 1.83 bits per heavy atom. The Morgan fingerprint density at radius 1 is 1.06 bits per heavy atom. The van der Waals surface area contributed by atoms with Crippen molar-refractivity contribution < 1.29 is 9.18 Å². The molecule has 0 unspecified atom stereocenters. The van der Waals surface area contributed by atoms with Crippen LogP contribution in [0.1, 0.15) is 11.1 Å². The summed E-state index contributed by atoms with van der Waals surface area (Å²) in [6, 6.07) is 14.5. The number of amides is 1. The monoisotopic (exact) mass is 241 g/mol. The maximum absolute atomic E-state index is 13.8. The number of hydrogen-bond acceptors (Lipinski definition) is 1. The molecule has 2 aromatic rings. The fourth-order valence-corrected chi connectivity index (χ4v) is 2.32. The molecule has 0 saturated carbocycles. The van der Waals surface area contributed by atoms with Crippen LogP contribution in [-0.2, 0) is 17.8 Å². The predicted molar refractivity (Wildman–Crippen MR) is 67.7 cm³/mol. The maximum atomic E-state index is 13.8. The average Bonchev–Trinajstić information content (AvgIpc) is 2.69. The first-order chi connectivity index (χ1) is 8.75. The Bertz CT molecular complexity index is 595. The van der Waals surface area contributed by atoms with E-state index in [2.05, 4.69) is 0 Å². The molecule has 0 N–H and O–H groups in total. The summed E-state index contributed by atoms with van der Waals surface area (Å²) in [5.41, 5.74) is 2.21. The molecule has 3 heteroatoms. The minimum atomic E-state index is -0.325. The fraction of sp³-hybridized carbons (Fsp3) is 0.133. The molecule has 0 radical (unpaired) electrons. The maximum Gasteiger partial charge on any atom is 0.231 e. The zero-order chi connectivity index (χ0) is 12.5. The molecule has 1 amide bonds. The molecule has 0 fully saturated rings. The summed E-state index contributed by atoms with van der Waals surface area (Å²) in [6.07, 6.45) is 0.292. The number of fused-ring (bicyclic) bond motifs is 1. The normalized spacial score (nSPS) is 13.8. The third kappa shape index (κ3) is 1.78. The van der Waals surface area contributed by atoms with Crippen LogP contribution in [0.3, 0.4) is 0 Å². The number of nitrogens with zero attached hydrogens (tertiary/aromatic N) is 1. The largest absolute Gasteiger partial charge is 0.305 e. The van der Waals surface area contributed by atoms with E-state index in [1.54, 1.807) is 12.1 Å². The van der Waals surface area contributed by atoms with Gasteiger partial charge in [-0.3, -0.25) is 4.79 Å². The lowest BCUT2D eigenvalue weighted by Gasteiger charge is -2.18. The van der Waals surface area contributed by atoms with Crippen LogP contribution in [0.2, 0.25) is 0 Å². The fourth-order valence-electron chi connectivity index (χ4n) is 2.32. The number of hydrogen-bond donors (Lipinski definition) is 0. The number of halogens is 1. The second-order valence-corrected chi connectivity index (χ2v) is 4.39. The Labute approximate surface area is 105 Å². The number of carbonyl (C=O) groups excluding carboxylic acids is 1. The number of rotatable bonds is 2. The standard InChI is InChI=1S/C15H12FNO/c16-13-8-4-7-12-9-14(18)17(15(12)13)10-11-5-2-1-3-6-11/h1-8H,9-10H2. The van der Waals surface area contributed by atoms with E-state index in [9.17, 15) is 9.18 Å². The van der Waals surface area contributed by atoms with Gasteiger partial charge in [0.05, 0.1) is 18.7 Å². The molecule has 0 spiro atoms. The number of para-hydroxylation sites is 1. The van der Waals surface area contributed by atoms with Crippen LogP contribution in [-0.4, -0.2) is 5.91 Å². The minimum Gasteiger partial charge on any atom is -0.305 e. The second-order valence-electron chi connectivity index (χ2n) is 4.39. The molecule has 1 aliphatic heterocycles. The van der Waals surface area contributed by atoms with Crippen molar-refractivity contribution >= 4 is 11.6 Å². The van der Waals surface area contributed by atoms with E-state index in [-0.39, 0.29) is 11.7 Å². The van der Waals surface area contributed by atoms with Crippen LogP contribution in [0.4, 0.5) is 10.1 Å². The highest BCUT2D eigenvalue weighted by molar-refractivity contribution is 6.01. The van der Waals surface area contributed by atoms with Crippen molar-refractivity contribution in [2.24, 2.45) is 0 Å². The van der Waals surface area contributed by atoms with Crippen molar-refractivity contribution in [3.05, 3.63) is 65.5 Å². The highest BCUT2D eigenvalue weighted by Crippen LogP contribution is 2.32. The topological polar surface area (TPSA) is 20.3 Å². The smallest absolute Gasteiger partial charge is 0.231 e. The predicted octanol–water partition coefficient (Wildman–Crippen LogP) is 2.92. The van der Waals surface area contributed by atoms with Gasteiger partial charge in [-0.25, -0.2) is 4.39 Å². The van der Waals surface area contributed by atoms with Crippen LogP contribution in [0.25, 0.3) is 0 Å².